The van der Waals surface area contributed by atoms with Gasteiger partial charge in [-0.3, -0.25) is 4.40 Å². The Kier molecular flexibility index (Phi) is 4.62. The minimum absolute atomic E-state index is 0.502. The van der Waals surface area contributed by atoms with E-state index in [9.17, 15) is 0 Å². The summed E-state index contributed by atoms with van der Waals surface area (Å²) in [5.74, 6) is 1.09. The van der Waals surface area contributed by atoms with Crippen LogP contribution in [0, 0.1) is 0 Å². The van der Waals surface area contributed by atoms with Crippen molar-refractivity contribution in [3.05, 3.63) is 52.0 Å². The molecule has 0 amide bonds. The number of imidazole rings is 1. The standard InChI is InChI=1S/C21H19BrClN3S/c22-16-9-5-4-8-15(16)19-20(24-14-6-2-1-3-7-14)26-17-11-10-13(23)12-18(17)27-21(26)25-19/h4-5,8-12,14,24H,1-3,6-7H2. The highest BCUT2D eigenvalue weighted by Crippen LogP contribution is 2.40. The van der Waals surface area contributed by atoms with E-state index in [1.807, 2.05) is 18.2 Å². The normalized spacial score (nSPS) is 15.6. The first-order valence-electron chi connectivity index (χ1n) is 9.32. The maximum absolute atomic E-state index is 6.21. The molecule has 0 radical (unpaired) electrons. The average molecular weight is 461 g/mol. The van der Waals surface area contributed by atoms with Gasteiger partial charge in [-0.05, 0) is 37.1 Å². The third-order valence-electron chi connectivity index (χ3n) is 5.29. The van der Waals surface area contributed by atoms with Crippen molar-refractivity contribution >= 4 is 59.9 Å². The Morgan fingerprint density at radius 3 is 2.74 bits per heavy atom. The van der Waals surface area contributed by atoms with Crippen LogP contribution in [0.3, 0.4) is 0 Å². The van der Waals surface area contributed by atoms with Crippen LogP contribution in [0.15, 0.2) is 46.9 Å². The number of nitrogens with zero attached hydrogens (tertiary/aromatic N) is 2. The van der Waals surface area contributed by atoms with Gasteiger partial charge in [-0.2, -0.15) is 0 Å². The Morgan fingerprint density at radius 2 is 1.93 bits per heavy atom. The summed E-state index contributed by atoms with van der Waals surface area (Å²) in [7, 11) is 0. The molecule has 6 heteroatoms. The molecule has 1 aliphatic carbocycles. The number of hydrogen-bond donors (Lipinski definition) is 1. The van der Waals surface area contributed by atoms with Crippen LogP contribution in [-0.4, -0.2) is 15.4 Å². The first kappa shape index (κ1) is 17.5. The van der Waals surface area contributed by atoms with Gasteiger partial charge in [0.2, 0.25) is 0 Å². The van der Waals surface area contributed by atoms with E-state index >= 15 is 0 Å². The van der Waals surface area contributed by atoms with Gasteiger partial charge < -0.3 is 5.32 Å². The lowest BCUT2D eigenvalue weighted by Gasteiger charge is -2.24. The fraction of sp³-hybridized carbons (Fsp3) is 0.286. The Labute approximate surface area is 175 Å². The van der Waals surface area contributed by atoms with Gasteiger partial charge in [0, 0.05) is 21.1 Å². The highest BCUT2D eigenvalue weighted by molar-refractivity contribution is 9.10. The molecule has 2 aromatic carbocycles. The van der Waals surface area contributed by atoms with Crippen molar-refractivity contribution in [2.24, 2.45) is 0 Å². The topological polar surface area (TPSA) is 29.3 Å². The van der Waals surface area contributed by atoms with Crippen LogP contribution < -0.4 is 5.32 Å². The van der Waals surface area contributed by atoms with Crippen LogP contribution in [0.1, 0.15) is 32.1 Å². The number of hydrogen-bond acceptors (Lipinski definition) is 3. The molecule has 138 valence electrons. The summed E-state index contributed by atoms with van der Waals surface area (Å²) in [4.78, 5) is 6.02. The second kappa shape index (κ2) is 7.12. The molecule has 2 heterocycles. The predicted molar refractivity (Wildman–Crippen MR) is 119 cm³/mol. The Balaban J connectivity index is 1.73. The molecule has 0 spiro atoms. The first-order valence-corrected chi connectivity index (χ1v) is 11.3. The Morgan fingerprint density at radius 1 is 1.11 bits per heavy atom. The minimum atomic E-state index is 0.502. The average Bonchev–Trinajstić information content (AvgIpc) is 3.19. The maximum Gasteiger partial charge on any atom is 0.197 e. The van der Waals surface area contributed by atoms with Gasteiger partial charge in [-0.25, -0.2) is 4.98 Å². The van der Waals surface area contributed by atoms with Crippen molar-refractivity contribution in [1.29, 1.82) is 0 Å². The number of nitrogens with one attached hydrogen (secondary N) is 1. The van der Waals surface area contributed by atoms with Gasteiger partial charge >= 0.3 is 0 Å². The van der Waals surface area contributed by atoms with Crippen molar-refractivity contribution in [2.45, 2.75) is 38.1 Å². The Hall–Kier alpha value is -1.56. The number of thiazole rings is 1. The van der Waals surface area contributed by atoms with Crippen molar-refractivity contribution in [2.75, 3.05) is 5.32 Å². The zero-order valence-electron chi connectivity index (χ0n) is 14.7. The first-order chi connectivity index (χ1) is 13.2. The number of anilines is 1. The summed E-state index contributed by atoms with van der Waals surface area (Å²) in [5.41, 5.74) is 3.29. The molecule has 3 nitrogen and oxygen atoms in total. The van der Waals surface area contributed by atoms with Crippen molar-refractivity contribution in [1.82, 2.24) is 9.38 Å². The fourth-order valence-electron chi connectivity index (χ4n) is 3.96. The molecule has 1 aliphatic rings. The highest BCUT2D eigenvalue weighted by atomic mass is 79.9. The molecular formula is C21H19BrClN3S. The van der Waals surface area contributed by atoms with E-state index < -0.39 is 0 Å². The minimum Gasteiger partial charge on any atom is -0.367 e. The van der Waals surface area contributed by atoms with Crippen LogP contribution in [0.2, 0.25) is 5.02 Å². The fourth-order valence-corrected chi connectivity index (χ4v) is 5.73. The van der Waals surface area contributed by atoms with E-state index in [0.29, 0.717) is 6.04 Å². The van der Waals surface area contributed by atoms with Crippen molar-refractivity contribution in [3.63, 3.8) is 0 Å². The smallest absolute Gasteiger partial charge is 0.197 e. The molecule has 0 bridgehead atoms. The zero-order chi connectivity index (χ0) is 18.4. The lowest BCUT2D eigenvalue weighted by Crippen LogP contribution is -2.23. The maximum atomic E-state index is 6.21. The molecule has 1 saturated carbocycles. The monoisotopic (exact) mass is 459 g/mol. The van der Waals surface area contributed by atoms with Gasteiger partial charge in [0.15, 0.2) is 4.96 Å². The van der Waals surface area contributed by atoms with E-state index in [1.54, 1.807) is 11.3 Å². The second-order valence-electron chi connectivity index (χ2n) is 7.10. The summed E-state index contributed by atoms with van der Waals surface area (Å²) < 4.78 is 4.49. The molecule has 27 heavy (non-hydrogen) atoms. The number of aromatic nitrogens is 2. The number of rotatable bonds is 3. The van der Waals surface area contributed by atoms with Crippen LogP contribution in [0.4, 0.5) is 5.82 Å². The van der Waals surface area contributed by atoms with Gasteiger partial charge in [0.1, 0.15) is 11.5 Å². The van der Waals surface area contributed by atoms with E-state index in [0.717, 1.165) is 41.7 Å². The Bertz CT molecular complexity index is 1130. The van der Waals surface area contributed by atoms with E-state index in [-0.39, 0.29) is 0 Å². The van der Waals surface area contributed by atoms with Gasteiger partial charge in [-0.15, -0.1) is 0 Å². The number of fused-ring (bicyclic) bond motifs is 3. The number of benzene rings is 2. The summed E-state index contributed by atoms with van der Waals surface area (Å²) >= 11 is 11.6. The molecule has 0 saturated heterocycles. The van der Waals surface area contributed by atoms with Crippen LogP contribution >= 0.6 is 38.9 Å². The lowest BCUT2D eigenvalue weighted by atomic mass is 9.95. The third kappa shape index (κ3) is 3.16. The molecule has 4 aromatic rings. The van der Waals surface area contributed by atoms with Crippen LogP contribution in [0.5, 0.6) is 0 Å². The molecule has 0 unspecified atom stereocenters. The van der Waals surface area contributed by atoms with Gasteiger partial charge in [0.25, 0.3) is 0 Å². The van der Waals surface area contributed by atoms with E-state index in [2.05, 4.69) is 49.9 Å². The van der Waals surface area contributed by atoms with Gasteiger partial charge in [0.05, 0.1) is 10.2 Å². The number of halogens is 2. The molecule has 5 rings (SSSR count). The van der Waals surface area contributed by atoms with Crippen LogP contribution in [0.25, 0.3) is 26.4 Å². The zero-order valence-corrected chi connectivity index (χ0v) is 17.9. The predicted octanol–water partition coefficient (Wildman–Crippen LogP) is 7.38. The summed E-state index contributed by atoms with van der Waals surface area (Å²) in [6.45, 7) is 0. The van der Waals surface area contributed by atoms with E-state index in [4.69, 9.17) is 16.6 Å². The summed E-state index contributed by atoms with van der Waals surface area (Å²) in [5, 5.41) is 4.61. The van der Waals surface area contributed by atoms with Gasteiger partial charge in [-0.1, -0.05) is 76.3 Å². The third-order valence-corrected chi connectivity index (χ3v) is 7.22. The summed E-state index contributed by atoms with van der Waals surface area (Å²) in [6.07, 6.45) is 6.37. The molecule has 1 N–H and O–H groups in total. The lowest BCUT2D eigenvalue weighted by molar-refractivity contribution is 0.462. The quantitative estimate of drug-likeness (QED) is 0.345. The largest absolute Gasteiger partial charge is 0.367 e. The van der Waals surface area contributed by atoms with E-state index in [1.165, 1.54) is 32.1 Å². The van der Waals surface area contributed by atoms with Crippen molar-refractivity contribution in [3.8, 4) is 11.3 Å². The molecule has 0 atom stereocenters. The molecular weight excluding hydrogens is 442 g/mol. The second-order valence-corrected chi connectivity index (χ2v) is 9.40. The van der Waals surface area contributed by atoms with Crippen molar-refractivity contribution < 1.29 is 0 Å². The SMILES string of the molecule is Clc1ccc2c(c1)sc1nc(-c3ccccc3Br)c(NC3CCCCC3)n12. The highest BCUT2D eigenvalue weighted by Gasteiger charge is 2.23. The molecule has 1 fully saturated rings. The molecule has 0 aliphatic heterocycles. The molecule has 2 aromatic heterocycles. The van der Waals surface area contributed by atoms with Crippen LogP contribution in [-0.2, 0) is 0 Å². The summed E-state index contributed by atoms with van der Waals surface area (Å²) in [6, 6.07) is 14.9.